The minimum Gasteiger partial charge on any atom is -0.497 e. The number of hydrogen-bond acceptors (Lipinski definition) is 5. The van der Waals surface area contributed by atoms with Crippen molar-refractivity contribution in [3.05, 3.63) is 83.7 Å². The summed E-state index contributed by atoms with van der Waals surface area (Å²) < 4.78 is 5.14. The zero-order chi connectivity index (χ0) is 19.8. The zero-order valence-electron chi connectivity index (χ0n) is 15.5. The molecule has 0 aliphatic rings. The number of nitrogens with one attached hydrogen (secondary N) is 2. The predicted octanol–water partition coefficient (Wildman–Crippen LogP) is 3.68. The van der Waals surface area contributed by atoms with Crippen LogP contribution < -0.4 is 15.4 Å². The second-order valence-corrected chi connectivity index (χ2v) is 6.13. The molecule has 6 nitrogen and oxygen atoms in total. The van der Waals surface area contributed by atoms with Crippen molar-refractivity contribution in [1.82, 2.24) is 10.3 Å². The molecule has 140 valence electrons. The molecule has 2 N–H and O–H groups in total. The molecule has 0 bridgehead atoms. The first kappa shape index (κ1) is 18.9. The number of amides is 1. The van der Waals surface area contributed by atoms with Gasteiger partial charge in [0.05, 0.1) is 36.2 Å². The minimum atomic E-state index is -0.176. The quantitative estimate of drug-likeness (QED) is 0.661. The minimum absolute atomic E-state index is 0.176. The number of benzene rings is 2. The highest BCUT2D eigenvalue weighted by Gasteiger charge is 2.07. The van der Waals surface area contributed by atoms with Crippen molar-refractivity contribution in [2.24, 2.45) is 0 Å². The average molecular weight is 372 g/mol. The molecule has 0 spiro atoms. The lowest BCUT2D eigenvalue weighted by atomic mass is 10.1. The fourth-order valence-corrected chi connectivity index (χ4v) is 2.64. The molecule has 3 aromatic rings. The van der Waals surface area contributed by atoms with Crippen LogP contribution in [0.25, 0.3) is 0 Å². The first-order valence-corrected chi connectivity index (χ1v) is 8.81. The lowest BCUT2D eigenvalue weighted by Crippen LogP contribution is -2.25. The van der Waals surface area contributed by atoms with Crippen LogP contribution in [-0.2, 0) is 6.42 Å². The van der Waals surface area contributed by atoms with E-state index in [1.807, 2.05) is 24.3 Å². The fourth-order valence-electron chi connectivity index (χ4n) is 2.64. The number of hydrogen-bond donors (Lipinski definition) is 2. The molecule has 6 heteroatoms. The topological polar surface area (TPSA) is 87.0 Å². The van der Waals surface area contributed by atoms with Crippen molar-refractivity contribution < 1.29 is 9.53 Å². The van der Waals surface area contributed by atoms with Crippen molar-refractivity contribution >= 4 is 17.3 Å². The van der Waals surface area contributed by atoms with Gasteiger partial charge in [-0.1, -0.05) is 12.1 Å². The monoisotopic (exact) mass is 372 g/mol. The van der Waals surface area contributed by atoms with Gasteiger partial charge in [0, 0.05) is 18.4 Å². The number of carbonyl (C=O) groups excluding carboxylic acids is 1. The molecule has 0 saturated carbocycles. The highest BCUT2D eigenvalue weighted by molar-refractivity contribution is 5.94. The van der Waals surface area contributed by atoms with Crippen LogP contribution in [0.2, 0.25) is 0 Å². The SMILES string of the molecule is COc1ccc(CCNC(=O)c2cncc(Nc3ccc(C#N)cc3)c2)cc1. The van der Waals surface area contributed by atoms with Crippen LogP contribution in [0.3, 0.4) is 0 Å². The smallest absolute Gasteiger partial charge is 0.252 e. The average Bonchev–Trinajstić information content (AvgIpc) is 2.75. The summed E-state index contributed by atoms with van der Waals surface area (Å²) in [5.74, 6) is 0.634. The van der Waals surface area contributed by atoms with Gasteiger partial charge in [0.2, 0.25) is 0 Å². The number of pyridine rings is 1. The highest BCUT2D eigenvalue weighted by Crippen LogP contribution is 2.17. The molecule has 0 aliphatic heterocycles. The summed E-state index contributed by atoms with van der Waals surface area (Å²) in [4.78, 5) is 16.5. The van der Waals surface area contributed by atoms with Crippen LogP contribution in [0.15, 0.2) is 67.0 Å². The number of nitrogens with zero attached hydrogens (tertiary/aromatic N) is 2. The van der Waals surface area contributed by atoms with Gasteiger partial charge in [-0.2, -0.15) is 5.26 Å². The molecule has 0 saturated heterocycles. The summed E-state index contributed by atoms with van der Waals surface area (Å²) in [5.41, 5.74) is 3.71. The maximum Gasteiger partial charge on any atom is 0.252 e. The number of carbonyl (C=O) groups is 1. The number of nitriles is 1. The molecule has 1 aromatic heterocycles. The van der Waals surface area contributed by atoms with Gasteiger partial charge >= 0.3 is 0 Å². The third-order valence-electron chi connectivity index (χ3n) is 4.16. The van der Waals surface area contributed by atoms with E-state index in [1.54, 1.807) is 43.6 Å². The van der Waals surface area contributed by atoms with E-state index in [2.05, 4.69) is 21.7 Å². The summed E-state index contributed by atoms with van der Waals surface area (Å²) in [6.45, 7) is 0.526. The molecule has 0 aliphatic carbocycles. The highest BCUT2D eigenvalue weighted by atomic mass is 16.5. The Balaban J connectivity index is 1.56. The molecule has 0 fully saturated rings. The zero-order valence-corrected chi connectivity index (χ0v) is 15.5. The van der Waals surface area contributed by atoms with Crippen molar-refractivity contribution in [3.63, 3.8) is 0 Å². The van der Waals surface area contributed by atoms with E-state index in [9.17, 15) is 4.79 Å². The normalized spacial score (nSPS) is 10.0. The Bertz CT molecular complexity index is 977. The number of rotatable bonds is 7. The predicted molar refractivity (Wildman–Crippen MR) is 108 cm³/mol. The number of anilines is 2. The summed E-state index contributed by atoms with van der Waals surface area (Å²) in [5, 5.41) is 14.9. The van der Waals surface area contributed by atoms with E-state index >= 15 is 0 Å². The van der Waals surface area contributed by atoms with Crippen LogP contribution in [0.4, 0.5) is 11.4 Å². The first-order valence-electron chi connectivity index (χ1n) is 8.81. The molecule has 2 aromatic carbocycles. The molecular formula is C22H20N4O2. The van der Waals surface area contributed by atoms with Gasteiger partial charge in [0.25, 0.3) is 5.91 Å². The summed E-state index contributed by atoms with van der Waals surface area (Å²) in [6.07, 6.45) is 3.91. The van der Waals surface area contributed by atoms with Crippen LogP contribution in [0, 0.1) is 11.3 Å². The van der Waals surface area contributed by atoms with Gasteiger partial charge in [0.15, 0.2) is 0 Å². The number of ether oxygens (including phenoxy) is 1. The van der Waals surface area contributed by atoms with E-state index in [-0.39, 0.29) is 5.91 Å². The maximum atomic E-state index is 12.4. The van der Waals surface area contributed by atoms with Gasteiger partial charge in [-0.3, -0.25) is 9.78 Å². The second-order valence-electron chi connectivity index (χ2n) is 6.13. The molecule has 0 radical (unpaired) electrons. The van der Waals surface area contributed by atoms with Crippen LogP contribution in [-0.4, -0.2) is 24.5 Å². The first-order chi connectivity index (χ1) is 13.7. The van der Waals surface area contributed by atoms with E-state index in [0.717, 1.165) is 23.4 Å². The van der Waals surface area contributed by atoms with E-state index < -0.39 is 0 Å². The van der Waals surface area contributed by atoms with Crippen molar-refractivity contribution in [2.45, 2.75) is 6.42 Å². The summed E-state index contributed by atoms with van der Waals surface area (Å²) in [7, 11) is 1.63. The summed E-state index contributed by atoms with van der Waals surface area (Å²) in [6, 6.07) is 18.7. The Morgan fingerprint density at radius 2 is 1.82 bits per heavy atom. The van der Waals surface area contributed by atoms with Gasteiger partial charge in [-0.15, -0.1) is 0 Å². The fraction of sp³-hybridized carbons (Fsp3) is 0.136. The third kappa shape index (κ3) is 5.08. The molecule has 1 amide bonds. The lowest BCUT2D eigenvalue weighted by Gasteiger charge is -2.09. The summed E-state index contributed by atoms with van der Waals surface area (Å²) >= 11 is 0. The molecule has 1 heterocycles. The Hall–Kier alpha value is -3.85. The van der Waals surface area contributed by atoms with Crippen molar-refractivity contribution in [3.8, 4) is 11.8 Å². The second kappa shape index (κ2) is 9.19. The Morgan fingerprint density at radius 1 is 1.07 bits per heavy atom. The van der Waals surface area contributed by atoms with Crippen LogP contribution >= 0.6 is 0 Å². The number of aromatic nitrogens is 1. The van der Waals surface area contributed by atoms with E-state index in [4.69, 9.17) is 10.00 Å². The van der Waals surface area contributed by atoms with E-state index in [1.165, 1.54) is 6.20 Å². The molecule has 3 rings (SSSR count). The molecular weight excluding hydrogens is 352 g/mol. The lowest BCUT2D eigenvalue weighted by molar-refractivity contribution is 0.0954. The van der Waals surface area contributed by atoms with Crippen LogP contribution in [0.1, 0.15) is 21.5 Å². The van der Waals surface area contributed by atoms with Crippen molar-refractivity contribution in [2.75, 3.05) is 19.0 Å². The third-order valence-corrected chi connectivity index (χ3v) is 4.16. The largest absolute Gasteiger partial charge is 0.497 e. The molecule has 28 heavy (non-hydrogen) atoms. The Morgan fingerprint density at radius 3 is 2.50 bits per heavy atom. The van der Waals surface area contributed by atoms with E-state index in [0.29, 0.717) is 23.4 Å². The van der Waals surface area contributed by atoms with Crippen molar-refractivity contribution in [1.29, 1.82) is 5.26 Å². The Kier molecular flexibility index (Phi) is 6.21. The molecule has 0 atom stereocenters. The van der Waals surface area contributed by atoms with Gasteiger partial charge in [-0.25, -0.2) is 0 Å². The van der Waals surface area contributed by atoms with Gasteiger partial charge < -0.3 is 15.4 Å². The van der Waals surface area contributed by atoms with Gasteiger partial charge in [-0.05, 0) is 54.4 Å². The standard InChI is InChI=1S/C22H20N4O2/c1-28-21-8-4-16(5-9-21)10-11-25-22(27)18-12-20(15-24-14-18)26-19-6-2-17(13-23)3-7-19/h2-9,12,14-15,26H,10-11H2,1H3,(H,25,27). The van der Waals surface area contributed by atoms with Crippen LogP contribution in [0.5, 0.6) is 5.75 Å². The van der Waals surface area contributed by atoms with Gasteiger partial charge in [0.1, 0.15) is 5.75 Å². The molecule has 0 unspecified atom stereocenters. The number of methoxy groups -OCH3 is 1. The maximum absolute atomic E-state index is 12.4. The Labute approximate surface area is 163 Å².